The Bertz CT molecular complexity index is 460. The van der Waals surface area contributed by atoms with Gasteiger partial charge in [-0.3, -0.25) is 0 Å². The number of hydrogen-bond acceptors (Lipinski definition) is 5. The Morgan fingerprint density at radius 2 is 2.14 bits per heavy atom. The molecule has 0 aromatic carbocycles. The van der Waals surface area contributed by atoms with Gasteiger partial charge < -0.3 is 4.74 Å². The Balaban J connectivity index is 3.29. The largest absolute Gasteiger partial charge is 0.465 e. The molecule has 0 fully saturated rings. The predicted molar refractivity (Wildman–Crippen MR) is 61.5 cm³/mol. The fourth-order valence-electron chi connectivity index (χ4n) is 0.808. The molecule has 0 N–H and O–H groups in total. The zero-order valence-electron chi connectivity index (χ0n) is 7.40. The summed E-state index contributed by atoms with van der Waals surface area (Å²) in [5.41, 5.74) is 0. The van der Waals surface area contributed by atoms with Crippen LogP contribution in [0.3, 0.4) is 0 Å². The van der Waals surface area contributed by atoms with Crippen LogP contribution in [0.4, 0.5) is 0 Å². The molecule has 0 saturated carbocycles. The maximum Gasteiger partial charge on any atom is 0.349 e. The number of halogens is 1. The molecule has 0 amide bonds. The van der Waals surface area contributed by atoms with E-state index in [9.17, 15) is 13.2 Å². The number of sulfone groups is 1. The van der Waals surface area contributed by atoms with E-state index in [4.69, 9.17) is 0 Å². The minimum Gasteiger partial charge on any atom is -0.465 e. The molecule has 0 aliphatic heterocycles. The van der Waals surface area contributed by atoms with Crippen LogP contribution >= 0.6 is 33.9 Å². The molecule has 1 rings (SSSR count). The van der Waals surface area contributed by atoms with Crippen molar-refractivity contribution in [1.29, 1.82) is 0 Å². The van der Waals surface area contributed by atoms with E-state index in [1.165, 1.54) is 12.5 Å². The van der Waals surface area contributed by atoms with Gasteiger partial charge in [0, 0.05) is 11.6 Å². The SMILES string of the molecule is COC(=O)c1scc(S(C)(=O)=O)c1I. The highest BCUT2D eigenvalue weighted by Crippen LogP contribution is 2.28. The number of hydrogen-bond donors (Lipinski definition) is 0. The van der Waals surface area contributed by atoms with Gasteiger partial charge in [0.15, 0.2) is 9.84 Å². The Kier molecular flexibility index (Phi) is 3.53. The van der Waals surface area contributed by atoms with Crippen molar-refractivity contribution in [1.82, 2.24) is 0 Å². The van der Waals surface area contributed by atoms with E-state index >= 15 is 0 Å². The van der Waals surface area contributed by atoms with E-state index in [1.807, 2.05) is 22.6 Å². The van der Waals surface area contributed by atoms with Crippen molar-refractivity contribution >= 4 is 49.7 Å². The van der Waals surface area contributed by atoms with Crippen LogP contribution in [-0.2, 0) is 14.6 Å². The molecule has 0 unspecified atom stereocenters. The van der Waals surface area contributed by atoms with Gasteiger partial charge in [-0.15, -0.1) is 11.3 Å². The topological polar surface area (TPSA) is 60.4 Å². The third kappa shape index (κ3) is 2.26. The lowest BCUT2D eigenvalue weighted by Gasteiger charge is -1.97. The molecule has 0 radical (unpaired) electrons. The lowest BCUT2D eigenvalue weighted by Crippen LogP contribution is -2.03. The van der Waals surface area contributed by atoms with Gasteiger partial charge in [-0.05, 0) is 22.6 Å². The molecule has 0 bridgehead atoms. The summed E-state index contributed by atoms with van der Waals surface area (Å²) < 4.78 is 27.4. The van der Waals surface area contributed by atoms with E-state index in [1.54, 1.807) is 0 Å². The molecular formula is C7H7IO4S2. The summed E-state index contributed by atoms with van der Waals surface area (Å²) in [5, 5.41) is 1.45. The van der Waals surface area contributed by atoms with E-state index < -0.39 is 15.8 Å². The van der Waals surface area contributed by atoms with E-state index in [0.717, 1.165) is 17.6 Å². The van der Waals surface area contributed by atoms with E-state index in [0.29, 0.717) is 8.45 Å². The number of carbonyl (C=O) groups excluding carboxylic acids is 1. The van der Waals surface area contributed by atoms with Gasteiger partial charge >= 0.3 is 5.97 Å². The second-order valence-corrected chi connectivity index (χ2v) is 6.45. The minimum absolute atomic E-state index is 0.184. The quantitative estimate of drug-likeness (QED) is 0.602. The Hall–Kier alpha value is -0.150. The molecule has 0 spiro atoms. The summed E-state index contributed by atoms with van der Waals surface area (Å²) >= 11 is 2.90. The molecule has 0 aliphatic carbocycles. The van der Waals surface area contributed by atoms with Crippen molar-refractivity contribution in [3.63, 3.8) is 0 Å². The van der Waals surface area contributed by atoms with Gasteiger partial charge in [0.2, 0.25) is 0 Å². The zero-order chi connectivity index (χ0) is 10.9. The first-order valence-electron chi connectivity index (χ1n) is 3.43. The molecule has 14 heavy (non-hydrogen) atoms. The molecule has 7 heteroatoms. The molecule has 4 nitrogen and oxygen atoms in total. The molecule has 1 aromatic heterocycles. The highest BCUT2D eigenvalue weighted by atomic mass is 127. The number of rotatable bonds is 2. The number of thiophene rings is 1. The van der Waals surface area contributed by atoms with Crippen LogP contribution in [0.25, 0.3) is 0 Å². The van der Waals surface area contributed by atoms with Gasteiger partial charge in [-0.25, -0.2) is 13.2 Å². The average molecular weight is 346 g/mol. The maximum atomic E-state index is 11.2. The normalized spacial score (nSPS) is 11.4. The van der Waals surface area contributed by atoms with Crippen molar-refractivity contribution in [2.75, 3.05) is 13.4 Å². The summed E-state index contributed by atoms with van der Waals surface area (Å²) in [6.45, 7) is 0. The smallest absolute Gasteiger partial charge is 0.349 e. The van der Waals surface area contributed by atoms with E-state index in [2.05, 4.69) is 4.74 Å². The predicted octanol–water partition coefficient (Wildman–Crippen LogP) is 1.54. The van der Waals surface area contributed by atoms with Gasteiger partial charge in [-0.2, -0.15) is 0 Å². The van der Waals surface area contributed by atoms with Crippen LogP contribution in [0.15, 0.2) is 10.3 Å². The summed E-state index contributed by atoms with van der Waals surface area (Å²) in [7, 11) is -2.00. The van der Waals surface area contributed by atoms with Gasteiger partial charge in [-0.1, -0.05) is 0 Å². The molecule has 0 saturated heterocycles. The number of esters is 1. The first-order valence-corrected chi connectivity index (χ1v) is 7.28. The lowest BCUT2D eigenvalue weighted by atomic mass is 10.5. The van der Waals surface area contributed by atoms with Crippen LogP contribution in [0, 0.1) is 3.57 Å². The lowest BCUT2D eigenvalue weighted by molar-refractivity contribution is 0.0605. The van der Waals surface area contributed by atoms with Crippen molar-refractivity contribution in [2.24, 2.45) is 0 Å². The van der Waals surface area contributed by atoms with Crippen molar-refractivity contribution in [2.45, 2.75) is 4.90 Å². The Morgan fingerprint density at radius 3 is 2.50 bits per heavy atom. The summed E-state index contributed by atoms with van der Waals surface area (Å²) in [4.78, 5) is 11.7. The summed E-state index contributed by atoms with van der Waals surface area (Å²) in [5.74, 6) is -0.505. The fraction of sp³-hybridized carbons (Fsp3) is 0.286. The second-order valence-electron chi connectivity index (χ2n) is 2.51. The summed E-state index contributed by atoms with van der Waals surface area (Å²) in [6.07, 6.45) is 1.11. The average Bonchev–Trinajstić information content (AvgIpc) is 2.45. The minimum atomic E-state index is -3.26. The molecule has 78 valence electrons. The Morgan fingerprint density at radius 1 is 1.57 bits per heavy atom. The molecule has 1 heterocycles. The number of methoxy groups -OCH3 is 1. The monoisotopic (exact) mass is 346 g/mol. The van der Waals surface area contributed by atoms with Crippen LogP contribution in [0.2, 0.25) is 0 Å². The van der Waals surface area contributed by atoms with Crippen LogP contribution in [0.5, 0.6) is 0 Å². The van der Waals surface area contributed by atoms with Crippen molar-refractivity contribution in [3.8, 4) is 0 Å². The fourth-order valence-corrected chi connectivity index (χ4v) is 5.05. The van der Waals surface area contributed by atoms with E-state index in [-0.39, 0.29) is 4.90 Å². The molecule has 1 aromatic rings. The second kappa shape index (κ2) is 4.15. The number of ether oxygens (including phenoxy) is 1. The highest BCUT2D eigenvalue weighted by molar-refractivity contribution is 14.1. The van der Waals surface area contributed by atoms with Crippen LogP contribution in [-0.4, -0.2) is 27.8 Å². The van der Waals surface area contributed by atoms with Crippen molar-refractivity contribution < 1.29 is 17.9 Å². The standard InChI is InChI=1S/C7H7IO4S2/c1-12-7(9)6-5(8)4(3-13-6)14(2,10)11/h3H,1-2H3. The Labute approximate surface area is 99.3 Å². The van der Waals surface area contributed by atoms with Gasteiger partial charge in [0.25, 0.3) is 0 Å². The third-order valence-corrected chi connectivity index (χ3v) is 5.55. The first kappa shape index (κ1) is 11.9. The van der Waals surface area contributed by atoms with Gasteiger partial charge in [0.1, 0.15) is 4.88 Å². The van der Waals surface area contributed by atoms with Crippen LogP contribution < -0.4 is 0 Å². The molecule has 0 aliphatic rings. The molecule has 0 atom stereocenters. The highest BCUT2D eigenvalue weighted by Gasteiger charge is 2.21. The first-order chi connectivity index (χ1) is 6.38. The van der Waals surface area contributed by atoms with Gasteiger partial charge in [0.05, 0.1) is 15.6 Å². The molecular weight excluding hydrogens is 339 g/mol. The number of carbonyl (C=O) groups is 1. The zero-order valence-corrected chi connectivity index (χ0v) is 11.2. The maximum absolute atomic E-state index is 11.2. The van der Waals surface area contributed by atoms with Crippen molar-refractivity contribution in [3.05, 3.63) is 13.8 Å². The van der Waals surface area contributed by atoms with Crippen LogP contribution in [0.1, 0.15) is 9.67 Å². The summed E-state index contributed by atoms with van der Waals surface area (Å²) in [6, 6.07) is 0. The third-order valence-electron chi connectivity index (χ3n) is 1.47.